The van der Waals surface area contributed by atoms with Crippen LogP contribution in [0.3, 0.4) is 0 Å². The van der Waals surface area contributed by atoms with Gasteiger partial charge in [-0.25, -0.2) is 4.98 Å². The fraction of sp³-hybridized carbons (Fsp3) is 0.476. The van der Waals surface area contributed by atoms with Crippen LogP contribution in [0.5, 0.6) is 0 Å². The Morgan fingerprint density at radius 1 is 1.29 bits per heavy atom. The molecule has 0 spiro atoms. The van der Waals surface area contributed by atoms with E-state index in [4.69, 9.17) is 5.73 Å². The maximum atomic E-state index is 12.8. The van der Waals surface area contributed by atoms with Crippen LogP contribution in [0.25, 0.3) is 16.7 Å². The first-order chi connectivity index (χ1) is 13.3. The molecule has 28 heavy (non-hydrogen) atoms. The maximum absolute atomic E-state index is 12.8. The summed E-state index contributed by atoms with van der Waals surface area (Å²) in [6, 6.07) is 0.252. The monoisotopic (exact) mass is 381 g/mol. The lowest BCUT2D eigenvalue weighted by atomic mass is 9.77. The van der Waals surface area contributed by atoms with Crippen LogP contribution in [0.4, 0.5) is 11.6 Å². The van der Waals surface area contributed by atoms with Gasteiger partial charge in [0.25, 0.3) is 5.56 Å². The molecule has 0 saturated heterocycles. The number of nitrogens with two attached hydrogens (primary N) is 1. The third-order valence-electron chi connectivity index (χ3n) is 6.05. The minimum absolute atomic E-state index is 0.157. The van der Waals surface area contributed by atoms with E-state index in [0.717, 1.165) is 31.4 Å². The number of anilines is 2. The van der Waals surface area contributed by atoms with Crippen molar-refractivity contribution in [2.24, 2.45) is 5.92 Å². The number of rotatable bonds is 4. The van der Waals surface area contributed by atoms with Crippen LogP contribution in [-0.4, -0.2) is 31.3 Å². The third-order valence-corrected chi connectivity index (χ3v) is 6.05. The van der Waals surface area contributed by atoms with Crippen LogP contribution in [0.15, 0.2) is 29.2 Å². The highest BCUT2D eigenvalue weighted by molar-refractivity contribution is 5.92. The van der Waals surface area contributed by atoms with Crippen molar-refractivity contribution in [2.75, 3.05) is 11.1 Å². The molecule has 1 fully saturated rings. The van der Waals surface area contributed by atoms with E-state index in [1.165, 1.54) is 0 Å². The number of fused-ring (bicyclic) bond motifs is 1. The van der Waals surface area contributed by atoms with E-state index in [1.807, 2.05) is 32.1 Å². The second-order valence-electron chi connectivity index (χ2n) is 8.41. The minimum Gasteiger partial charge on any atom is -0.398 e. The second-order valence-corrected chi connectivity index (χ2v) is 8.41. The Hall–Kier alpha value is -2.67. The summed E-state index contributed by atoms with van der Waals surface area (Å²) in [6.45, 7) is 5.49. The average Bonchev–Trinajstić information content (AvgIpc) is 2.61. The Labute approximate surface area is 164 Å². The normalized spacial score (nSPS) is 22.1. The molecular weight excluding hydrogens is 354 g/mol. The van der Waals surface area contributed by atoms with Gasteiger partial charge in [-0.2, -0.15) is 4.98 Å². The zero-order valence-corrected chi connectivity index (χ0v) is 16.6. The smallest absolute Gasteiger partial charge is 0.261 e. The molecule has 2 aliphatic carbocycles. The van der Waals surface area contributed by atoms with Gasteiger partial charge < -0.3 is 16.2 Å². The summed E-state index contributed by atoms with van der Waals surface area (Å²) in [5, 5.41) is 14.3. The van der Waals surface area contributed by atoms with E-state index in [9.17, 15) is 9.90 Å². The first-order valence-electron chi connectivity index (χ1n) is 9.81. The van der Waals surface area contributed by atoms with Crippen molar-refractivity contribution in [3.63, 3.8) is 0 Å². The predicted molar refractivity (Wildman–Crippen MR) is 112 cm³/mol. The summed E-state index contributed by atoms with van der Waals surface area (Å²) in [5.41, 5.74) is 7.62. The maximum Gasteiger partial charge on any atom is 0.261 e. The second kappa shape index (κ2) is 6.74. The third kappa shape index (κ3) is 3.20. The van der Waals surface area contributed by atoms with Crippen molar-refractivity contribution >= 4 is 28.4 Å². The van der Waals surface area contributed by atoms with Crippen molar-refractivity contribution in [2.45, 2.75) is 58.1 Å². The van der Waals surface area contributed by atoms with Crippen molar-refractivity contribution in [3.05, 3.63) is 40.3 Å². The van der Waals surface area contributed by atoms with Gasteiger partial charge in [-0.15, -0.1) is 0 Å². The molecule has 0 unspecified atom stereocenters. The molecule has 2 aliphatic rings. The zero-order chi connectivity index (χ0) is 20.1. The van der Waals surface area contributed by atoms with Gasteiger partial charge in [-0.3, -0.25) is 9.36 Å². The lowest BCUT2D eigenvalue weighted by Crippen LogP contribution is -2.37. The van der Waals surface area contributed by atoms with Crippen molar-refractivity contribution in [1.29, 1.82) is 0 Å². The van der Waals surface area contributed by atoms with Gasteiger partial charge in [0, 0.05) is 17.8 Å². The number of hydrogen-bond donors (Lipinski definition) is 3. The number of aromatic nitrogens is 3. The van der Waals surface area contributed by atoms with Gasteiger partial charge in [-0.05, 0) is 64.5 Å². The summed E-state index contributed by atoms with van der Waals surface area (Å²) in [4.78, 5) is 21.9. The van der Waals surface area contributed by atoms with E-state index in [1.54, 1.807) is 17.7 Å². The number of nitrogens with zero attached hydrogens (tertiary/aromatic N) is 3. The number of pyridine rings is 1. The molecule has 2 aromatic rings. The lowest BCUT2D eigenvalue weighted by molar-refractivity contribution is -0.000413. The van der Waals surface area contributed by atoms with Gasteiger partial charge in [0.2, 0.25) is 5.95 Å². The zero-order valence-electron chi connectivity index (χ0n) is 16.6. The molecule has 0 bridgehead atoms. The van der Waals surface area contributed by atoms with E-state index in [2.05, 4.69) is 15.3 Å². The number of nitrogens with one attached hydrogen (secondary N) is 1. The number of allylic oxidation sites excluding steroid dienone is 4. The van der Waals surface area contributed by atoms with E-state index < -0.39 is 5.60 Å². The Morgan fingerprint density at radius 3 is 2.54 bits per heavy atom. The quantitative estimate of drug-likeness (QED) is 0.752. The molecule has 4 rings (SSSR count). The van der Waals surface area contributed by atoms with Gasteiger partial charge in [-0.1, -0.05) is 6.08 Å². The molecule has 0 aromatic carbocycles. The van der Waals surface area contributed by atoms with Crippen LogP contribution in [-0.2, 0) is 0 Å². The van der Waals surface area contributed by atoms with Gasteiger partial charge in [0.15, 0.2) is 5.65 Å². The SMILES string of the molecule is Cc1c(N)c2cnc(NC3CCC(C(C)(C)O)CC3)nc2n(C2=CC=C2)c1=O. The summed E-state index contributed by atoms with van der Waals surface area (Å²) >= 11 is 0. The number of nitrogen functional groups attached to an aromatic ring is 1. The van der Waals surface area contributed by atoms with Crippen LogP contribution in [0.1, 0.15) is 45.1 Å². The lowest BCUT2D eigenvalue weighted by Gasteiger charge is -2.36. The number of aliphatic hydroxyl groups is 1. The summed E-state index contributed by atoms with van der Waals surface area (Å²) in [6.07, 6.45) is 11.2. The van der Waals surface area contributed by atoms with E-state index >= 15 is 0 Å². The fourth-order valence-electron chi connectivity index (χ4n) is 4.08. The molecule has 1 saturated carbocycles. The van der Waals surface area contributed by atoms with Gasteiger partial charge in [0.1, 0.15) is 0 Å². The van der Waals surface area contributed by atoms with Crippen molar-refractivity contribution in [3.8, 4) is 0 Å². The molecular formula is C21H27N5O2. The molecule has 148 valence electrons. The van der Waals surface area contributed by atoms with Crippen molar-refractivity contribution < 1.29 is 5.11 Å². The van der Waals surface area contributed by atoms with Crippen LogP contribution in [0, 0.1) is 12.8 Å². The van der Waals surface area contributed by atoms with Gasteiger partial charge >= 0.3 is 0 Å². The molecule has 7 heteroatoms. The fourth-order valence-corrected chi connectivity index (χ4v) is 4.08. The molecule has 0 aliphatic heterocycles. The van der Waals surface area contributed by atoms with Crippen LogP contribution < -0.4 is 16.6 Å². The summed E-state index contributed by atoms with van der Waals surface area (Å²) in [5.74, 6) is 0.813. The molecule has 0 atom stereocenters. The standard InChI is InChI=1S/C21H27N5O2/c1-12-17(22)16-11-23-20(24-14-9-7-13(8-10-14)21(2,3)28)25-18(16)26(19(12)27)15-5-4-6-15/h4-6,11,13-14,28H,7-10,22H2,1-3H3,(H,23,24,25). The summed E-state index contributed by atoms with van der Waals surface area (Å²) < 4.78 is 1.60. The van der Waals surface area contributed by atoms with Crippen LogP contribution >= 0.6 is 0 Å². The Morgan fingerprint density at radius 2 is 1.96 bits per heavy atom. The Bertz CT molecular complexity index is 1040. The molecule has 0 radical (unpaired) electrons. The first-order valence-corrected chi connectivity index (χ1v) is 9.81. The first kappa shape index (κ1) is 18.7. The van der Waals surface area contributed by atoms with Crippen molar-refractivity contribution in [1.82, 2.24) is 14.5 Å². The van der Waals surface area contributed by atoms with E-state index in [-0.39, 0.29) is 11.6 Å². The highest BCUT2D eigenvalue weighted by Crippen LogP contribution is 2.33. The largest absolute Gasteiger partial charge is 0.398 e. The minimum atomic E-state index is -0.639. The highest BCUT2D eigenvalue weighted by atomic mass is 16.3. The molecule has 7 nitrogen and oxygen atoms in total. The van der Waals surface area contributed by atoms with E-state index in [0.29, 0.717) is 34.2 Å². The Balaban J connectivity index is 1.63. The molecule has 4 N–H and O–H groups in total. The topological polar surface area (TPSA) is 106 Å². The van der Waals surface area contributed by atoms with Crippen LogP contribution in [0.2, 0.25) is 0 Å². The Kier molecular flexibility index (Phi) is 4.50. The summed E-state index contributed by atoms with van der Waals surface area (Å²) in [7, 11) is 0. The predicted octanol–water partition coefficient (Wildman–Crippen LogP) is 2.83. The molecule has 2 heterocycles. The highest BCUT2D eigenvalue weighted by Gasteiger charge is 2.31. The molecule has 0 amide bonds. The average molecular weight is 381 g/mol. The molecule has 2 aromatic heterocycles. The van der Waals surface area contributed by atoms with Gasteiger partial charge in [0.05, 0.1) is 22.4 Å². The number of hydrogen-bond acceptors (Lipinski definition) is 6.